The first-order valence-corrected chi connectivity index (χ1v) is 7.32. The molecule has 0 radical (unpaired) electrons. The lowest BCUT2D eigenvalue weighted by molar-refractivity contribution is -0.130. The van der Waals surface area contributed by atoms with Crippen molar-refractivity contribution in [2.75, 3.05) is 14.2 Å². The van der Waals surface area contributed by atoms with Crippen molar-refractivity contribution >= 4 is 17.9 Å². The van der Waals surface area contributed by atoms with Gasteiger partial charge in [0.05, 0.1) is 14.2 Å². The minimum absolute atomic E-state index is 0.275. The van der Waals surface area contributed by atoms with Crippen molar-refractivity contribution in [3.8, 4) is 11.5 Å². The Labute approximate surface area is 139 Å². The molecule has 0 saturated heterocycles. The smallest absolute Gasteiger partial charge is 0.363 e. The van der Waals surface area contributed by atoms with Crippen molar-refractivity contribution in [3.05, 3.63) is 59.5 Å². The van der Waals surface area contributed by atoms with Crippen molar-refractivity contribution < 1.29 is 19.0 Å². The first-order chi connectivity index (χ1) is 11.7. The van der Waals surface area contributed by atoms with Crippen LogP contribution >= 0.6 is 0 Å². The third kappa shape index (κ3) is 3.43. The zero-order valence-electron chi connectivity index (χ0n) is 13.4. The summed E-state index contributed by atoms with van der Waals surface area (Å²) in [6.45, 7) is 0. The normalized spacial score (nSPS) is 15.2. The van der Waals surface area contributed by atoms with Gasteiger partial charge in [-0.1, -0.05) is 6.07 Å². The summed E-state index contributed by atoms with van der Waals surface area (Å²) in [5.74, 6) is 1.16. The maximum absolute atomic E-state index is 11.9. The van der Waals surface area contributed by atoms with E-state index in [-0.39, 0.29) is 5.70 Å². The van der Waals surface area contributed by atoms with Gasteiger partial charge in [-0.25, -0.2) is 9.79 Å². The van der Waals surface area contributed by atoms with Crippen LogP contribution in [0.5, 0.6) is 11.5 Å². The van der Waals surface area contributed by atoms with Gasteiger partial charge in [0.25, 0.3) is 0 Å². The monoisotopic (exact) mass is 324 g/mol. The summed E-state index contributed by atoms with van der Waals surface area (Å²) in [5, 5.41) is 0. The molecule has 2 aromatic rings. The van der Waals surface area contributed by atoms with Crippen LogP contribution < -0.4 is 9.47 Å². The molecule has 0 fully saturated rings. The van der Waals surface area contributed by atoms with Crippen molar-refractivity contribution in [1.82, 2.24) is 4.98 Å². The number of ether oxygens (including phenoxy) is 3. The predicted molar refractivity (Wildman–Crippen MR) is 89.0 cm³/mol. The standard InChI is InChI=1S/C18H16N2O4/c1-22-15-4-3-13(10-16(15)23-2)11-17-20-14(18(21)24-17)9-12-5-7-19-8-6-12/h3-10H,11H2,1-2H3/b14-9+. The second-order valence-corrected chi connectivity index (χ2v) is 5.07. The third-order valence-corrected chi connectivity index (χ3v) is 3.48. The zero-order valence-corrected chi connectivity index (χ0v) is 13.4. The van der Waals surface area contributed by atoms with Gasteiger partial charge in [0.1, 0.15) is 0 Å². The van der Waals surface area contributed by atoms with Crippen LogP contribution in [0, 0.1) is 0 Å². The van der Waals surface area contributed by atoms with E-state index < -0.39 is 5.97 Å². The van der Waals surface area contributed by atoms with Gasteiger partial charge in [-0.3, -0.25) is 4.98 Å². The molecule has 0 amide bonds. The van der Waals surface area contributed by atoms with Gasteiger partial charge in [0.2, 0.25) is 5.90 Å². The second-order valence-electron chi connectivity index (χ2n) is 5.07. The molecule has 1 aliphatic heterocycles. The predicted octanol–water partition coefficient (Wildman–Crippen LogP) is 2.64. The number of carbonyl (C=O) groups is 1. The molecule has 0 unspecified atom stereocenters. The lowest BCUT2D eigenvalue weighted by atomic mass is 10.1. The van der Waals surface area contributed by atoms with Gasteiger partial charge >= 0.3 is 5.97 Å². The Morgan fingerprint density at radius 1 is 1.08 bits per heavy atom. The first-order valence-electron chi connectivity index (χ1n) is 7.32. The number of carbonyl (C=O) groups excluding carboxylic acids is 1. The number of esters is 1. The van der Waals surface area contributed by atoms with Crippen molar-refractivity contribution in [2.45, 2.75) is 6.42 Å². The lowest BCUT2D eigenvalue weighted by Gasteiger charge is -2.09. The highest BCUT2D eigenvalue weighted by molar-refractivity contribution is 6.07. The highest BCUT2D eigenvalue weighted by Crippen LogP contribution is 2.28. The number of pyridine rings is 1. The molecule has 0 spiro atoms. The quantitative estimate of drug-likeness (QED) is 0.624. The van der Waals surface area contributed by atoms with Crippen LogP contribution in [0.3, 0.4) is 0 Å². The van der Waals surface area contributed by atoms with E-state index in [0.29, 0.717) is 23.8 Å². The Bertz CT molecular complexity index is 813. The molecule has 0 atom stereocenters. The maximum Gasteiger partial charge on any atom is 0.363 e. The lowest BCUT2D eigenvalue weighted by Crippen LogP contribution is -2.07. The number of methoxy groups -OCH3 is 2. The van der Waals surface area contributed by atoms with Crippen LogP contribution in [0.2, 0.25) is 0 Å². The minimum atomic E-state index is -0.456. The van der Waals surface area contributed by atoms with Gasteiger partial charge < -0.3 is 14.2 Å². The topological polar surface area (TPSA) is 70.0 Å². The summed E-state index contributed by atoms with van der Waals surface area (Å²) >= 11 is 0. The van der Waals surface area contributed by atoms with Gasteiger partial charge in [0, 0.05) is 18.8 Å². The van der Waals surface area contributed by atoms with Crippen LogP contribution in [0.25, 0.3) is 6.08 Å². The number of aromatic nitrogens is 1. The number of nitrogens with zero attached hydrogens (tertiary/aromatic N) is 2. The van der Waals surface area contributed by atoms with Gasteiger partial charge in [0.15, 0.2) is 17.2 Å². The van der Waals surface area contributed by atoms with E-state index in [0.717, 1.165) is 11.1 Å². The molecule has 24 heavy (non-hydrogen) atoms. The van der Waals surface area contributed by atoms with Crippen LogP contribution in [0.15, 0.2) is 53.4 Å². The fraction of sp³-hybridized carbons (Fsp3) is 0.167. The van der Waals surface area contributed by atoms with Crippen molar-refractivity contribution in [2.24, 2.45) is 4.99 Å². The summed E-state index contributed by atoms with van der Waals surface area (Å²) in [6.07, 6.45) is 5.37. The van der Waals surface area contributed by atoms with Crippen LogP contribution in [0.4, 0.5) is 0 Å². The highest BCUT2D eigenvalue weighted by Gasteiger charge is 2.23. The summed E-state index contributed by atoms with van der Waals surface area (Å²) < 4.78 is 15.7. The molecule has 0 N–H and O–H groups in total. The van der Waals surface area contributed by atoms with E-state index in [2.05, 4.69) is 9.98 Å². The molecule has 0 bridgehead atoms. The molecule has 0 aliphatic carbocycles. The number of benzene rings is 1. The molecule has 1 aliphatic rings. The minimum Gasteiger partial charge on any atom is -0.493 e. The SMILES string of the molecule is COc1ccc(CC2=N/C(=C/c3ccncc3)C(=O)O2)cc1OC. The van der Waals surface area contributed by atoms with E-state index in [9.17, 15) is 4.79 Å². The number of aliphatic imine (C=N–C) groups is 1. The van der Waals surface area contributed by atoms with Gasteiger partial charge in [-0.15, -0.1) is 0 Å². The summed E-state index contributed by atoms with van der Waals surface area (Å²) in [5.41, 5.74) is 2.02. The Balaban J connectivity index is 1.80. The first kappa shape index (κ1) is 15.7. The average Bonchev–Trinajstić information content (AvgIpc) is 2.94. The Morgan fingerprint density at radius 3 is 2.54 bits per heavy atom. The number of hydrogen-bond donors (Lipinski definition) is 0. The maximum atomic E-state index is 11.9. The summed E-state index contributed by atoms with van der Waals surface area (Å²) in [7, 11) is 3.15. The number of rotatable bonds is 5. The van der Waals surface area contributed by atoms with E-state index in [1.165, 1.54) is 0 Å². The van der Waals surface area contributed by atoms with Crippen molar-refractivity contribution in [3.63, 3.8) is 0 Å². The van der Waals surface area contributed by atoms with E-state index in [4.69, 9.17) is 14.2 Å². The van der Waals surface area contributed by atoms with Crippen LogP contribution in [0.1, 0.15) is 11.1 Å². The Hall–Kier alpha value is -3.15. The molecule has 122 valence electrons. The fourth-order valence-corrected chi connectivity index (χ4v) is 2.31. The Kier molecular flexibility index (Phi) is 4.56. The van der Waals surface area contributed by atoms with E-state index in [1.807, 2.05) is 12.1 Å². The molecule has 1 aromatic heterocycles. The molecule has 6 nitrogen and oxygen atoms in total. The number of hydrogen-bond acceptors (Lipinski definition) is 6. The van der Waals surface area contributed by atoms with Gasteiger partial charge in [-0.05, 0) is 41.5 Å². The largest absolute Gasteiger partial charge is 0.493 e. The van der Waals surface area contributed by atoms with Crippen LogP contribution in [-0.4, -0.2) is 31.1 Å². The zero-order chi connectivity index (χ0) is 16.9. The second kappa shape index (κ2) is 6.95. The average molecular weight is 324 g/mol. The highest BCUT2D eigenvalue weighted by atomic mass is 16.6. The molecule has 0 saturated carbocycles. The molecular weight excluding hydrogens is 308 g/mol. The Morgan fingerprint density at radius 2 is 1.83 bits per heavy atom. The molecule has 3 rings (SSSR count). The fourth-order valence-electron chi connectivity index (χ4n) is 2.31. The molecule has 2 heterocycles. The van der Waals surface area contributed by atoms with Crippen LogP contribution in [-0.2, 0) is 16.0 Å². The third-order valence-electron chi connectivity index (χ3n) is 3.48. The molecule has 6 heteroatoms. The van der Waals surface area contributed by atoms with E-state index in [1.54, 1.807) is 50.9 Å². The van der Waals surface area contributed by atoms with Crippen molar-refractivity contribution in [1.29, 1.82) is 0 Å². The van der Waals surface area contributed by atoms with Gasteiger partial charge in [-0.2, -0.15) is 0 Å². The summed E-state index contributed by atoms with van der Waals surface area (Å²) in [6, 6.07) is 9.10. The molecule has 1 aromatic carbocycles. The summed E-state index contributed by atoms with van der Waals surface area (Å²) in [4.78, 5) is 20.1. The number of cyclic esters (lactones) is 1. The van der Waals surface area contributed by atoms with E-state index >= 15 is 0 Å². The molecular formula is C18H16N2O4.